The van der Waals surface area contributed by atoms with Crippen LogP contribution >= 0.6 is 0 Å². The zero-order chi connectivity index (χ0) is 8.59. The van der Waals surface area contributed by atoms with Gasteiger partial charge in [0.1, 0.15) is 0 Å². The summed E-state index contributed by atoms with van der Waals surface area (Å²) in [6, 6.07) is 0.419. The molecule has 1 rings (SSSR count). The lowest BCUT2D eigenvalue weighted by molar-refractivity contribution is -0.138. The predicted octanol–water partition coefficient (Wildman–Crippen LogP) is 1.41. The zero-order valence-electron chi connectivity index (χ0n) is 7.72. The molecule has 11 heavy (non-hydrogen) atoms. The molecule has 2 atom stereocenters. The molecule has 2 heteroatoms. The zero-order valence-corrected chi connectivity index (χ0v) is 7.72. The first kappa shape index (κ1) is 8.57. The first-order valence-corrected chi connectivity index (χ1v) is 4.34. The maximum absolute atomic E-state index is 11.1. The van der Waals surface area contributed by atoms with Crippen molar-refractivity contribution in [2.24, 2.45) is 17.8 Å². The highest BCUT2D eigenvalue weighted by molar-refractivity contribution is 5.86. The van der Waals surface area contributed by atoms with E-state index in [2.05, 4.69) is 33.0 Å². The summed E-state index contributed by atoms with van der Waals surface area (Å²) in [6.45, 7) is 8.52. The number of hydrogen-bond acceptors (Lipinski definition) is 1. The molecule has 0 unspecified atom stereocenters. The number of nitrogens with one attached hydrogen (secondary N) is 1. The van der Waals surface area contributed by atoms with Gasteiger partial charge in [0.2, 0.25) is 5.91 Å². The van der Waals surface area contributed by atoms with E-state index in [9.17, 15) is 4.79 Å². The normalized spacial score (nSPS) is 30.5. The molecular formula is C9H17NO. The minimum Gasteiger partial charge on any atom is -0.352 e. The maximum atomic E-state index is 11.1. The van der Waals surface area contributed by atoms with E-state index < -0.39 is 0 Å². The number of amides is 1. The van der Waals surface area contributed by atoms with E-state index in [-0.39, 0.29) is 11.8 Å². The van der Waals surface area contributed by atoms with E-state index in [4.69, 9.17) is 0 Å². The Labute approximate surface area is 68.4 Å². The average Bonchev–Trinajstić information content (AvgIpc) is 1.80. The third kappa shape index (κ3) is 1.39. The summed E-state index contributed by atoms with van der Waals surface area (Å²) in [5.41, 5.74) is 0. The molecule has 0 aromatic carbocycles. The molecule has 1 saturated heterocycles. The second-order valence-electron chi connectivity index (χ2n) is 4.05. The first-order chi connectivity index (χ1) is 5.04. The standard InChI is InChI=1S/C9H17NO/c1-5(2)7-8(6(3)4)10-9(7)11/h5-8H,1-4H3,(H,10,11)/t7-,8-/m0/s1. The van der Waals surface area contributed by atoms with Gasteiger partial charge < -0.3 is 5.32 Å². The molecule has 0 bridgehead atoms. The summed E-state index contributed by atoms with van der Waals surface area (Å²) in [5, 5.41) is 2.93. The van der Waals surface area contributed by atoms with Crippen molar-refractivity contribution in [1.82, 2.24) is 5.32 Å². The molecule has 1 aliphatic heterocycles. The molecule has 64 valence electrons. The quantitative estimate of drug-likeness (QED) is 0.600. The van der Waals surface area contributed by atoms with Crippen LogP contribution in [0.25, 0.3) is 0 Å². The number of carbonyl (C=O) groups excluding carboxylic acids is 1. The summed E-state index contributed by atoms with van der Waals surface area (Å²) in [5.74, 6) is 1.55. The van der Waals surface area contributed by atoms with Crippen molar-refractivity contribution in [1.29, 1.82) is 0 Å². The summed E-state index contributed by atoms with van der Waals surface area (Å²) in [7, 11) is 0. The predicted molar refractivity (Wildman–Crippen MR) is 45.1 cm³/mol. The van der Waals surface area contributed by atoms with Crippen molar-refractivity contribution < 1.29 is 4.79 Å². The van der Waals surface area contributed by atoms with Crippen molar-refractivity contribution in [2.75, 3.05) is 0 Å². The van der Waals surface area contributed by atoms with Crippen molar-refractivity contribution in [3.05, 3.63) is 0 Å². The third-order valence-corrected chi connectivity index (χ3v) is 2.44. The molecule has 1 heterocycles. The molecule has 1 N–H and O–H groups in total. The lowest BCUT2D eigenvalue weighted by Crippen LogP contribution is -2.62. The molecule has 1 fully saturated rings. The van der Waals surface area contributed by atoms with Gasteiger partial charge in [-0.3, -0.25) is 4.79 Å². The molecule has 0 aliphatic carbocycles. The Morgan fingerprint density at radius 2 is 1.73 bits per heavy atom. The monoisotopic (exact) mass is 155 g/mol. The van der Waals surface area contributed by atoms with E-state index in [1.54, 1.807) is 0 Å². The van der Waals surface area contributed by atoms with Gasteiger partial charge in [0.15, 0.2) is 0 Å². The van der Waals surface area contributed by atoms with Crippen LogP contribution < -0.4 is 5.32 Å². The molecule has 0 saturated carbocycles. The van der Waals surface area contributed by atoms with Crippen LogP contribution in [0.5, 0.6) is 0 Å². The Hall–Kier alpha value is -0.530. The number of rotatable bonds is 2. The van der Waals surface area contributed by atoms with Gasteiger partial charge in [-0.1, -0.05) is 27.7 Å². The Morgan fingerprint density at radius 1 is 1.18 bits per heavy atom. The molecule has 1 aliphatic rings. The number of β-lactam (4-membered cyclic amide) rings is 1. The highest BCUT2D eigenvalue weighted by Gasteiger charge is 2.42. The van der Waals surface area contributed by atoms with Crippen LogP contribution in [0.2, 0.25) is 0 Å². The van der Waals surface area contributed by atoms with E-state index in [1.165, 1.54) is 0 Å². The van der Waals surface area contributed by atoms with Crippen LogP contribution in [0.3, 0.4) is 0 Å². The van der Waals surface area contributed by atoms with E-state index >= 15 is 0 Å². The Kier molecular flexibility index (Phi) is 2.21. The van der Waals surface area contributed by atoms with Crippen molar-refractivity contribution in [3.63, 3.8) is 0 Å². The van der Waals surface area contributed by atoms with Gasteiger partial charge in [-0.25, -0.2) is 0 Å². The van der Waals surface area contributed by atoms with Crippen molar-refractivity contribution in [3.8, 4) is 0 Å². The maximum Gasteiger partial charge on any atom is 0.225 e. The third-order valence-electron chi connectivity index (χ3n) is 2.44. The van der Waals surface area contributed by atoms with Crippen LogP contribution in [-0.2, 0) is 4.79 Å². The lowest BCUT2D eigenvalue weighted by atomic mass is 9.76. The second-order valence-corrected chi connectivity index (χ2v) is 4.05. The van der Waals surface area contributed by atoms with E-state index in [1.807, 2.05) is 0 Å². The van der Waals surface area contributed by atoms with Crippen LogP contribution in [0.15, 0.2) is 0 Å². The van der Waals surface area contributed by atoms with Gasteiger partial charge in [-0.15, -0.1) is 0 Å². The van der Waals surface area contributed by atoms with Gasteiger partial charge in [0.05, 0.1) is 5.92 Å². The average molecular weight is 155 g/mol. The minimum atomic E-state index is 0.235. The molecule has 0 aromatic heterocycles. The van der Waals surface area contributed by atoms with Crippen molar-refractivity contribution in [2.45, 2.75) is 33.7 Å². The van der Waals surface area contributed by atoms with Gasteiger partial charge in [0, 0.05) is 6.04 Å². The van der Waals surface area contributed by atoms with E-state index in [0.29, 0.717) is 17.9 Å². The first-order valence-electron chi connectivity index (χ1n) is 4.34. The van der Waals surface area contributed by atoms with Gasteiger partial charge in [-0.2, -0.15) is 0 Å². The number of hydrogen-bond donors (Lipinski definition) is 1. The smallest absolute Gasteiger partial charge is 0.225 e. The van der Waals surface area contributed by atoms with Crippen LogP contribution in [-0.4, -0.2) is 11.9 Å². The highest BCUT2D eigenvalue weighted by atomic mass is 16.2. The largest absolute Gasteiger partial charge is 0.352 e. The summed E-state index contributed by atoms with van der Waals surface area (Å²) >= 11 is 0. The van der Waals surface area contributed by atoms with Gasteiger partial charge in [-0.05, 0) is 11.8 Å². The lowest BCUT2D eigenvalue weighted by Gasteiger charge is -2.41. The second kappa shape index (κ2) is 2.84. The Balaban J connectivity index is 2.55. The fraction of sp³-hybridized carbons (Fsp3) is 0.889. The molecule has 2 nitrogen and oxygen atoms in total. The SMILES string of the molecule is CC(C)[C@@H]1NC(=O)[C@H]1C(C)C. The van der Waals surface area contributed by atoms with Crippen molar-refractivity contribution >= 4 is 5.91 Å². The Morgan fingerprint density at radius 3 is 1.91 bits per heavy atom. The molecule has 0 spiro atoms. The summed E-state index contributed by atoms with van der Waals surface area (Å²) in [6.07, 6.45) is 0. The molecule has 0 radical (unpaired) electrons. The van der Waals surface area contributed by atoms with Gasteiger partial charge in [0.25, 0.3) is 0 Å². The highest BCUT2D eigenvalue weighted by Crippen LogP contribution is 2.28. The van der Waals surface area contributed by atoms with Gasteiger partial charge >= 0.3 is 0 Å². The molecule has 0 aromatic rings. The van der Waals surface area contributed by atoms with Crippen LogP contribution in [0.1, 0.15) is 27.7 Å². The Bertz CT molecular complexity index is 163. The van der Waals surface area contributed by atoms with Crippen LogP contribution in [0.4, 0.5) is 0 Å². The topological polar surface area (TPSA) is 29.1 Å². The summed E-state index contributed by atoms with van der Waals surface area (Å²) in [4.78, 5) is 11.1. The van der Waals surface area contributed by atoms with E-state index in [0.717, 1.165) is 0 Å². The fourth-order valence-electron chi connectivity index (χ4n) is 1.72. The molecular weight excluding hydrogens is 138 g/mol. The summed E-state index contributed by atoms with van der Waals surface area (Å²) < 4.78 is 0. The number of carbonyl (C=O) groups is 1. The van der Waals surface area contributed by atoms with Crippen LogP contribution in [0, 0.1) is 17.8 Å². The minimum absolute atomic E-state index is 0.235. The molecule has 1 amide bonds. The fourth-order valence-corrected chi connectivity index (χ4v) is 1.72.